The Hall–Kier alpha value is -3.93. The molecule has 3 aromatic rings. The molecule has 0 fully saturated rings. The second-order valence-corrected chi connectivity index (χ2v) is 6.71. The lowest BCUT2D eigenvalue weighted by atomic mass is 10.1. The molecule has 6 nitrogen and oxygen atoms in total. The van der Waals surface area contributed by atoms with Crippen LogP contribution in [0.5, 0.6) is 0 Å². The van der Waals surface area contributed by atoms with Crippen LogP contribution in [0.1, 0.15) is 42.2 Å². The van der Waals surface area contributed by atoms with E-state index in [4.69, 9.17) is 0 Å². The third-order valence-electron chi connectivity index (χ3n) is 4.38. The number of hydrogen-bond donors (Lipinski definition) is 3. The van der Waals surface area contributed by atoms with Gasteiger partial charge in [0.15, 0.2) is 0 Å². The van der Waals surface area contributed by atoms with Crippen LogP contribution in [0.4, 0.5) is 11.4 Å². The number of aromatic carboxylic acids is 1. The van der Waals surface area contributed by atoms with Crippen molar-refractivity contribution in [1.29, 1.82) is 0 Å². The summed E-state index contributed by atoms with van der Waals surface area (Å²) in [6, 6.07) is 18.2. The summed E-state index contributed by atoms with van der Waals surface area (Å²) in [7, 11) is 0. The maximum absolute atomic E-state index is 12.5. The fourth-order valence-electron chi connectivity index (χ4n) is 2.72. The molecule has 0 aliphatic carbocycles. The maximum atomic E-state index is 12.5. The zero-order valence-corrected chi connectivity index (χ0v) is 16.0. The number of carboxylic acids is 1. The van der Waals surface area contributed by atoms with Crippen LogP contribution in [0, 0.1) is 13.8 Å². The average Bonchev–Trinajstić information content (AvgIpc) is 2.69. The van der Waals surface area contributed by atoms with E-state index in [2.05, 4.69) is 10.6 Å². The number of amides is 2. The highest BCUT2D eigenvalue weighted by molar-refractivity contribution is 6.09. The maximum Gasteiger partial charge on any atom is 0.337 e. The van der Waals surface area contributed by atoms with Gasteiger partial charge in [0.05, 0.1) is 11.3 Å². The van der Waals surface area contributed by atoms with Gasteiger partial charge in [0.1, 0.15) is 0 Å². The van der Waals surface area contributed by atoms with E-state index in [1.807, 2.05) is 26.0 Å². The first-order chi connectivity index (χ1) is 13.8. The smallest absolute Gasteiger partial charge is 0.337 e. The Kier molecular flexibility index (Phi) is 5.74. The minimum Gasteiger partial charge on any atom is -0.478 e. The molecule has 0 saturated carbocycles. The molecule has 3 aromatic carbocycles. The molecule has 0 spiro atoms. The molecular formula is C23H20N2O4. The first-order valence-electron chi connectivity index (χ1n) is 8.97. The number of carboxylic acid groups (broad SMARTS) is 1. The summed E-state index contributed by atoms with van der Waals surface area (Å²) >= 11 is 0. The molecule has 0 heterocycles. The Balaban J connectivity index is 1.84. The summed E-state index contributed by atoms with van der Waals surface area (Å²) in [6.45, 7) is 3.83. The van der Waals surface area contributed by atoms with Gasteiger partial charge >= 0.3 is 5.97 Å². The predicted molar refractivity (Wildman–Crippen MR) is 112 cm³/mol. The first-order valence-corrected chi connectivity index (χ1v) is 8.97. The molecule has 2 amide bonds. The van der Waals surface area contributed by atoms with Gasteiger partial charge in [0, 0.05) is 16.8 Å². The van der Waals surface area contributed by atoms with Crippen LogP contribution >= 0.6 is 0 Å². The molecule has 29 heavy (non-hydrogen) atoms. The summed E-state index contributed by atoms with van der Waals surface area (Å²) in [4.78, 5) is 36.4. The number of carbonyl (C=O) groups excluding carboxylic acids is 2. The van der Waals surface area contributed by atoms with Gasteiger partial charge in [0.2, 0.25) is 0 Å². The van der Waals surface area contributed by atoms with E-state index in [9.17, 15) is 19.5 Å². The van der Waals surface area contributed by atoms with E-state index >= 15 is 0 Å². The monoisotopic (exact) mass is 388 g/mol. The van der Waals surface area contributed by atoms with Crippen LogP contribution in [0.2, 0.25) is 0 Å². The number of hydrogen-bond acceptors (Lipinski definition) is 3. The van der Waals surface area contributed by atoms with E-state index < -0.39 is 11.9 Å². The number of carbonyl (C=O) groups is 3. The van der Waals surface area contributed by atoms with E-state index in [-0.39, 0.29) is 17.2 Å². The molecular weight excluding hydrogens is 368 g/mol. The average molecular weight is 388 g/mol. The van der Waals surface area contributed by atoms with Crippen molar-refractivity contribution in [2.75, 3.05) is 10.6 Å². The molecule has 3 N–H and O–H groups in total. The van der Waals surface area contributed by atoms with Crippen molar-refractivity contribution in [3.63, 3.8) is 0 Å². The quantitative estimate of drug-likeness (QED) is 0.599. The van der Waals surface area contributed by atoms with Crippen LogP contribution in [-0.4, -0.2) is 22.9 Å². The van der Waals surface area contributed by atoms with Crippen LogP contribution in [0.15, 0.2) is 66.7 Å². The lowest BCUT2D eigenvalue weighted by molar-refractivity contribution is 0.0698. The molecule has 0 aromatic heterocycles. The van der Waals surface area contributed by atoms with Gasteiger partial charge < -0.3 is 15.7 Å². The summed E-state index contributed by atoms with van der Waals surface area (Å²) in [5, 5.41) is 14.8. The van der Waals surface area contributed by atoms with Gasteiger partial charge in [-0.25, -0.2) is 4.79 Å². The Morgan fingerprint density at radius 3 is 1.66 bits per heavy atom. The van der Waals surface area contributed by atoms with Crippen LogP contribution in [-0.2, 0) is 0 Å². The van der Waals surface area contributed by atoms with Crippen LogP contribution in [0.3, 0.4) is 0 Å². The number of rotatable bonds is 5. The highest BCUT2D eigenvalue weighted by atomic mass is 16.4. The van der Waals surface area contributed by atoms with E-state index in [0.717, 1.165) is 11.1 Å². The van der Waals surface area contributed by atoms with Gasteiger partial charge in [-0.05, 0) is 56.3 Å². The van der Waals surface area contributed by atoms with Crippen molar-refractivity contribution < 1.29 is 19.5 Å². The summed E-state index contributed by atoms with van der Waals surface area (Å²) in [5.41, 5.74) is 3.33. The molecule has 6 heteroatoms. The summed E-state index contributed by atoms with van der Waals surface area (Å²) in [5.74, 6) is -1.95. The SMILES string of the molecule is Cc1ccc(C(=O)Nc2ccc(C(=O)O)c(NC(=O)c3ccc(C)cc3)c2)cc1. The summed E-state index contributed by atoms with van der Waals surface area (Å²) in [6.07, 6.45) is 0. The van der Waals surface area contributed by atoms with Crippen molar-refractivity contribution in [3.8, 4) is 0 Å². The number of benzene rings is 3. The minimum absolute atomic E-state index is 0.0706. The van der Waals surface area contributed by atoms with Gasteiger partial charge in [-0.15, -0.1) is 0 Å². The number of nitrogens with one attached hydrogen (secondary N) is 2. The van der Waals surface area contributed by atoms with E-state index in [1.54, 1.807) is 36.4 Å². The lowest BCUT2D eigenvalue weighted by Gasteiger charge is -2.12. The Morgan fingerprint density at radius 2 is 1.17 bits per heavy atom. The van der Waals surface area contributed by atoms with Crippen molar-refractivity contribution in [1.82, 2.24) is 0 Å². The highest BCUT2D eigenvalue weighted by Crippen LogP contribution is 2.23. The van der Waals surface area contributed by atoms with Gasteiger partial charge in [-0.2, -0.15) is 0 Å². The fourth-order valence-corrected chi connectivity index (χ4v) is 2.72. The van der Waals surface area contributed by atoms with Crippen LogP contribution in [0.25, 0.3) is 0 Å². The van der Waals surface area contributed by atoms with E-state index in [1.165, 1.54) is 18.2 Å². The molecule has 0 bridgehead atoms. The Morgan fingerprint density at radius 1 is 0.690 bits per heavy atom. The summed E-state index contributed by atoms with van der Waals surface area (Å²) < 4.78 is 0. The van der Waals surface area contributed by atoms with Gasteiger partial charge in [-0.1, -0.05) is 35.4 Å². The number of anilines is 2. The molecule has 0 radical (unpaired) electrons. The van der Waals surface area contributed by atoms with Crippen molar-refractivity contribution >= 4 is 29.2 Å². The normalized spacial score (nSPS) is 10.3. The standard InChI is InChI=1S/C23H20N2O4/c1-14-3-7-16(8-4-14)21(26)24-18-11-12-19(23(28)29)20(13-18)25-22(27)17-9-5-15(2)6-10-17/h3-13H,1-2H3,(H,24,26)(H,25,27)(H,28,29). The second kappa shape index (κ2) is 8.39. The Bertz CT molecular complexity index is 1070. The second-order valence-electron chi connectivity index (χ2n) is 6.71. The fraction of sp³-hybridized carbons (Fsp3) is 0.0870. The van der Waals surface area contributed by atoms with Crippen molar-refractivity contribution in [2.45, 2.75) is 13.8 Å². The topological polar surface area (TPSA) is 95.5 Å². The van der Waals surface area contributed by atoms with Crippen LogP contribution < -0.4 is 10.6 Å². The lowest BCUT2D eigenvalue weighted by Crippen LogP contribution is -2.16. The van der Waals surface area contributed by atoms with Gasteiger partial charge in [-0.3, -0.25) is 9.59 Å². The highest BCUT2D eigenvalue weighted by Gasteiger charge is 2.15. The number of aryl methyl sites for hydroxylation is 2. The van der Waals surface area contributed by atoms with Crippen molar-refractivity contribution in [2.24, 2.45) is 0 Å². The molecule has 0 aliphatic heterocycles. The van der Waals surface area contributed by atoms with Crippen molar-refractivity contribution in [3.05, 3.63) is 94.5 Å². The molecule has 0 unspecified atom stereocenters. The van der Waals surface area contributed by atoms with E-state index in [0.29, 0.717) is 16.8 Å². The first kappa shape index (κ1) is 19.8. The molecule has 146 valence electrons. The zero-order chi connectivity index (χ0) is 21.0. The third kappa shape index (κ3) is 4.87. The molecule has 0 saturated heterocycles. The molecule has 3 rings (SSSR count). The van der Waals surface area contributed by atoms with Gasteiger partial charge in [0.25, 0.3) is 11.8 Å². The minimum atomic E-state index is -1.18. The molecule has 0 aliphatic rings. The largest absolute Gasteiger partial charge is 0.478 e. The zero-order valence-electron chi connectivity index (χ0n) is 16.0. The third-order valence-corrected chi connectivity index (χ3v) is 4.38. The molecule has 0 atom stereocenters. The predicted octanol–water partition coefficient (Wildman–Crippen LogP) is 4.51. The Labute approximate surface area is 168 Å².